The van der Waals surface area contributed by atoms with Crippen LogP contribution >= 0.6 is 0 Å². The molecule has 27 heavy (non-hydrogen) atoms. The van der Waals surface area contributed by atoms with Gasteiger partial charge in [-0.2, -0.15) is 0 Å². The summed E-state index contributed by atoms with van der Waals surface area (Å²) in [5.74, 6) is 3.25. The van der Waals surface area contributed by atoms with E-state index in [0.717, 1.165) is 64.2 Å². The fourth-order valence-electron chi connectivity index (χ4n) is 3.62. The lowest BCUT2D eigenvalue weighted by atomic mass is 9.94. The fraction of sp³-hybridized carbons (Fsp3) is 0.800. The number of hydrogen-bond acceptors (Lipinski definition) is 5. The van der Waals surface area contributed by atoms with Gasteiger partial charge in [0.05, 0.1) is 19.4 Å². The second kappa shape index (κ2) is 9.06. The van der Waals surface area contributed by atoms with Crippen LogP contribution in [0.3, 0.4) is 0 Å². The third-order valence-electron chi connectivity index (χ3n) is 5.20. The summed E-state index contributed by atoms with van der Waals surface area (Å²) in [5, 5.41) is 3.43. The van der Waals surface area contributed by atoms with Gasteiger partial charge in [-0.15, -0.1) is 0 Å². The standard InChI is InChI=1S/C20H35N5O2/c1-5-21-19(23-13-18-22-12-17(27-18)20(2,3)4)25-7-6-16(15-25)14-24-8-10-26-11-9-24/h12,16H,5-11,13-15H2,1-4H3,(H,21,23). The SMILES string of the molecule is CCNC(=NCc1ncc(C(C)(C)C)o1)N1CCC(CN2CCOCC2)C1. The Morgan fingerprint density at radius 2 is 2.07 bits per heavy atom. The molecular formula is C20H35N5O2. The molecule has 152 valence electrons. The van der Waals surface area contributed by atoms with E-state index in [1.165, 1.54) is 6.42 Å². The molecule has 0 saturated carbocycles. The van der Waals surface area contributed by atoms with Crippen molar-refractivity contribution in [1.29, 1.82) is 0 Å². The molecule has 7 nitrogen and oxygen atoms in total. The van der Waals surface area contributed by atoms with Crippen LogP contribution < -0.4 is 5.32 Å². The van der Waals surface area contributed by atoms with Crippen molar-refractivity contribution in [2.75, 3.05) is 52.5 Å². The zero-order valence-corrected chi connectivity index (χ0v) is 17.3. The van der Waals surface area contributed by atoms with Gasteiger partial charge >= 0.3 is 0 Å². The Balaban J connectivity index is 1.56. The van der Waals surface area contributed by atoms with Crippen molar-refractivity contribution in [1.82, 2.24) is 20.1 Å². The van der Waals surface area contributed by atoms with E-state index in [1.807, 2.05) is 6.20 Å². The minimum atomic E-state index is -0.0267. The Morgan fingerprint density at radius 1 is 1.30 bits per heavy atom. The van der Waals surface area contributed by atoms with Crippen LogP contribution in [0.2, 0.25) is 0 Å². The quantitative estimate of drug-likeness (QED) is 0.626. The maximum atomic E-state index is 5.88. The van der Waals surface area contributed by atoms with Crippen molar-refractivity contribution in [3.8, 4) is 0 Å². The summed E-state index contributed by atoms with van der Waals surface area (Å²) in [4.78, 5) is 14.1. The third kappa shape index (κ3) is 5.69. The van der Waals surface area contributed by atoms with Crippen LogP contribution in [0.4, 0.5) is 0 Å². The first-order chi connectivity index (χ1) is 13.0. The summed E-state index contributed by atoms with van der Waals surface area (Å²) in [6.45, 7) is 17.0. The topological polar surface area (TPSA) is 66.1 Å². The van der Waals surface area contributed by atoms with Gasteiger partial charge < -0.3 is 19.4 Å². The minimum Gasteiger partial charge on any atom is -0.443 e. The van der Waals surface area contributed by atoms with Gasteiger partial charge in [0.15, 0.2) is 5.96 Å². The number of rotatable bonds is 5. The van der Waals surface area contributed by atoms with E-state index in [9.17, 15) is 0 Å². The molecule has 3 rings (SSSR count). The molecule has 0 aromatic carbocycles. The number of likely N-dealkylation sites (tertiary alicyclic amines) is 1. The predicted octanol–water partition coefficient (Wildman–Crippen LogP) is 2.09. The van der Waals surface area contributed by atoms with Gasteiger partial charge in [-0.1, -0.05) is 20.8 Å². The van der Waals surface area contributed by atoms with Crippen molar-refractivity contribution in [3.63, 3.8) is 0 Å². The van der Waals surface area contributed by atoms with Crippen LogP contribution in [0.5, 0.6) is 0 Å². The normalized spacial score (nSPS) is 22.4. The second-order valence-electron chi connectivity index (χ2n) is 8.55. The minimum absolute atomic E-state index is 0.0267. The monoisotopic (exact) mass is 377 g/mol. The summed E-state index contributed by atoms with van der Waals surface area (Å²) in [7, 11) is 0. The molecule has 1 unspecified atom stereocenters. The maximum Gasteiger partial charge on any atom is 0.216 e. The molecule has 1 aromatic rings. The first kappa shape index (κ1) is 20.1. The Bertz CT molecular complexity index is 616. The highest BCUT2D eigenvalue weighted by atomic mass is 16.5. The third-order valence-corrected chi connectivity index (χ3v) is 5.20. The Hall–Kier alpha value is -1.60. The number of guanidine groups is 1. The zero-order chi connectivity index (χ0) is 19.3. The molecule has 3 heterocycles. The second-order valence-corrected chi connectivity index (χ2v) is 8.55. The average molecular weight is 378 g/mol. The number of hydrogen-bond donors (Lipinski definition) is 1. The van der Waals surface area contributed by atoms with Gasteiger partial charge in [0.25, 0.3) is 0 Å². The summed E-state index contributed by atoms with van der Waals surface area (Å²) < 4.78 is 11.3. The van der Waals surface area contributed by atoms with Crippen LogP contribution in [0.1, 0.15) is 45.8 Å². The summed E-state index contributed by atoms with van der Waals surface area (Å²) >= 11 is 0. The fourth-order valence-corrected chi connectivity index (χ4v) is 3.62. The van der Waals surface area contributed by atoms with Crippen molar-refractivity contribution in [2.45, 2.75) is 46.1 Å². The molecule has 1 atom stereocenters. The molecular weight excluding hydrogens is 342 g/mol. The maximum absolute atomic E-state index is 5.88. The van der Waals surface area contributed by atoms with Gasteiger partial charge in [-0.25, -0.2) is 9.98 Å². The van der Waals surface area contributed by atoms with Crippen LogP contribution in [0, 0.1) is 5.92 Å². The first-order valence-electron chi connectivity index (χ1n) is 10.2. The van der Waals surface area contributed by atoms with Crippen molar-refractivity contribution < 1.29 is 9.15 Å². The smallest absolute Gasteiger partial charge is 0.216 e. The van der Waals surface area contributed by atoms with Gasteiger partial charge in [0, 0.05) is 44.7 Å². The predicted molar refractivity (Wildman–Crippen MR) is 107 cm³/mol. The molecule has 2 fully saturated rings. The van der Waals surface area contributed by atoms with E-state index >= 15 is 0 Å². The molecule has 0 bridgehead atoms. The van der Waals surface area contributed by atoms with Crippen LogP contribution in [-0.4, -0.2) is 73.2 Å². The average Bonchev–Trinajstić information content (AvgIpc) is 3.29. The summed E-state index contributed by atoms with van der Waals surface area (Å²) in [6, 6.07) is 0. The highest BCUT2D eigenvalue weighted by Crippen LogP contribution is 2.23. The number of nitrogens with one attached hydrogen (secondary N) is 1. The van der Waals surface area contributed by atoms with Crippen LogP contribution in [0.25, 0.3) is 0 Å². The van der Waals surface area contributed by atoms with E-state index in [4.69, 9.17) is 14.1 Å². The molecule has 2 aliphatic rings. The molecule has 0 aliphatic carbocycles. The molecule has 7 heteroatoms. The van der Waals surface area contributed by atoms with Gasteiger partial charge in [-0.3, -0.25) is 4.90 Å². The van der Waals surface area contributed by atoms with Gasteiger partial charge in [-0.05, 0) is 19.3 Å². The Morgan fingerprint density at radius 3 is 2.74 bits per heavy atom. The van der Waals surface area contributed by atoms with Gasteiger partial charge in [0.2, 0.25) is 5.89 Å². The highest BCUT2D eigenvalue weighted by molar-refractivity contribution is 5.80. The van der Waals surface area contributed by atoms with E-state index in [1.54, 1.807) is 0 Å². The highest BCUT2D eigenvalue weighted by Gasteiger charge is 2.27. The van der Waals surface area contributed by atoms with Crippen LogP contribution in [-0.2, 0) is 16.7 Å². The Labute approximate surface area is 163 Å². The Kier molecular flexibility index (Phi) is 6.76. The van der Waals surface area contributed by atoms with E-state index in [-0.39, 0.29) is 5.41 Å². The summed E-state index contributed by atoms with van der Waals surface area (Å²) in [6.07, 6.45) is 3.04. The largest absolute Gasteiger partial charge is 0.443 e. The zero-order valence-electron chi connectivity index (χ0n) is 17.3. The molecule has 0 radical (unpaired) electrons. The molecule has 2 aliphatic heterocycles. The van der Waals surface area contributed by atoms with E-state index in [0.29, 0.717) is 18.4 Å². The summed E-state index contributed by atoms with van der Waals surface area (Å²) in [5.41, 5.74) is -0.0267. The lowest BCUT2D eigenvalue weighted by Gasteiger charge is -2.29. The van der Waals surface area contributed by atoms with Gasteiger partial charge in [0.1, 0.15) is 12.3 Å². The number of oxazole rings is 1. The van der Waals surface area contributed by atoms with E-state index < -0.39 is 0 Å². The van der Waals surface area contributed by atoms with Crippen molar-refractivity contribution in [3.05, 3.63) is 17.8 Å². The molecule has 0 spiro atoms. The van der Waals surface area contributed by atoms with E-state index in [2.05, 4.69) is 47.8 Å². The van der Waals surface area contributed by atoms with Crippen molar-refractivity contribution in [2.24, 2.45) is 10.9 Å². The number of morpholine rings is 1. The molecule has 1 N–H and O–H groups in total. The molecule has 0 amide bonds. The number of ether oxygens (including phenoxy) is 1. The first-order valence-corrected chi connectivity index (χ1v) is 10.2. The molecule has 1 aromatic heterocycles. The number of aliphatic imine (C=N–C) groups is 1. The number of nitrogens with zero attached hydrogens (tertiary/aromatic N) is 4. The number of aromatic nitrogens is 1. The lowest BCUT2D eigenvalue weighted by molar-refractivity contribution is 0.0315. The molecule has 2 saturated heterocycles. The van der Waals surface area contributed by atoms with Crippen molar-refractivity contribution >= 4 is 5.96 Å². The van der Waals surface area contributed by atoms with Crippen LogP contribution in [0.15, 0.2) is 15.6 Å². The lowest BCUT2D eigenvalue weighted by Crippen LogP contribution is -2.42.